The summed E-state index contributed by atoms with van der Waals surface area (Å²) in [5, 5.41) is 4.39. The third-order valence-corrected chi connectivity index (χ3v) is 4.95. The summed E-state index contributed by atoms with van der Waals surface area (Å²) in [5.74, 6) is 1.62. The van der Waals surface area contributed by atoms with E-state index in [2.05, 4.69) is 30.6 Å². The normalized spacial score (nSPS) is 32.3. The Labute approximate surface area is 126 Å². The first kappa shape index (κ1) is 14.1. The highest BCUT2D eigenvalue weighted by Crippen LogP contribution is 2.40. The molecule has 0 saturated heterocycles. The van der Waals surface area contributed by atoms with Gasteiger partial charge in [-0.1, -0.05) is 19.1 Å². The summed E-state index contributed by atoms with van der Waals surface area (Å²) in [6.07, 6.45) is 4.26. The van der Waals surface area contributed by atoms with Gasteiger partial charge in [-0.25, -0.2) is 0 Å². The number of nitrogens with one attached hydrogen (secondary N) is 1. The Balaban J connectivity index is 1.91. The Bertz CT molecular complexity index is 573. The quantitative estimate of drug-likeness (QED) is 0.731. The van der Waals surface area contributed by atoms with E-state index in [1.54, 1.807) is 0 Å². The van der Waals surface area contributed by atoms with E-state index in [1.165, 1.54) is 5.57 Å². The van der Waals surface area contributed by atoms with Gasteiger partial charge in [0.1, 0.15) is 0 Å². The molecular formula is C17H24N4. The number of rotatable bonds is 2. The van der Waals surface area contributed by atoms with Crippen molar-refractivity contribution >= 4 is 17.6 Å². The van der Waals surface area contributed by atoms with Crippen molar-refractivity contribution in [1.82, 2.24) is 5.43 Å². The van der Waals surface area contributed by atoms with Crippen LogP contribution in [0.1, 0.15) is 32.3 Å². The molecule has 0 spiro atoms. The van der Waals surface area contributed by atoms with Crippen molar-refractivity contribution < 1.29 is 0 Å². The van der Waals surface area contributed by atoms with Crippen LogP contribution in [0.15, 0.2) is 34.9 Å². The number of anilines is 1. The molecule has 1 heterocycles. The van der Waals surface area contributed by atoms with Crippen LogP contribution in [0.25, 0.3) is 5.70 Å². The average molecular weight is 284 g/mol. The molecule has 1 fully saturated rings. The zero-order chi connectivity index (χ0) is 15.0. The molecule has 2 aliphatic rings. The molecule has 21 heavy (non-hydrogen) atoms. The van der Waals surface area contributed by atoms with Gasteiger partial charge in [0.15, 0.2) is 0 Å². The Morgan fingerprint density at radius 2 is 1.90 bits per heavy atom. The van der Waals surface area contributed by atoms with Gasteiger partial charge in [0.05, 0.1) is 5.70 Å². The van der Waals surface area contributed by atoms with Crippen molar-refractivity contribution in [1.29, 1.82) is 0 Å². The molecule has 112 valence electrons. The molecule has 5 N–H and O–H groups in total. The fourth-order valence-electron chi connectivity index (χ4n) is 3.75. The third-order valence-electron chi connectivity index (χ3n) is 4.95. The molecule has 1 saturated carbocycles. The van der Waals surface area contributed by atoms with E-state index < -0.39 is 0 Å². The predicted molar refractivity (Wildman–Crippen MR) is 88.4 cm³/mol. The van der Waals surface area contributed by atoms with Crippen LogP contribution in [0.5, 0.6) is 0 Å². The van der Waals surface area contributed by atoms with E-state index in [0.717, 1.165) is 29.8 Å². The molecule has 0 aromatic heterocycles. The molecule has 1 aromatic rings. The second kappa shape index (κ2) is 5.53. The van der Waals surface area contributed by atoms with E-state index in [1.807, 2.05) is 24.3 Å². The lowest BCUT2D eigenvalue weighted by Crippen LogP contribution is -2.27. The minimum atomic E-state index is 0.334. The molecule has 3 unspecified atom stereocenters. The van der Waals surface area contributed by atoms with Crippen LogP contribution in [0.2, 0.25) is 0 Å². The van der Waals surface area contributed by atoms with E-state index >= 15 is 0 Å². The fourth-order valence-corrected chi connectivity index (χ4v) is 3.75. The number of hydrogen-bond donors (Lipinski definition) is 3. The Morgan fingerprint density at radius 1 is 1.19 bits per heavy atom. The van der Waals surface area contributed by atoms with Crippen LogP contribution in [0, 0.1) is 17.8 Å². The maximum absolute atomic E-state index is 6.14. The number of nitrogens with two attached hydrogens (primary N) is 2. The summed E-state index contributed by atoms with van der Waals surface area (Å²) in [7, 11) is 0. The van der Waals surface area contributed by atoms with Gasteiger partial charge in [-0.15, -0.1) is 0 Å². The second-order valence-electron chi connectivity index (χ2n) is 6.47. The molecule has 3 rings (SSSR count). The van der Waals surface area contributed by atoms with Gasteiger partial charge in [0, 0.05) is 23.9 Å². The van der Waals surface area contributed by atoms with E-state index in [0.29, 0.717) is 23.8 Å². The summed E-state index contributed by atoms with van der Waals surface area (Å²) in [4.78, 5) is 0. The first-order valence-corrected chi connectivity index (χ1v) is 7.67. The maximum Gasteiger partial charge on any atom is 0.0629 e. The van der Waals surface area contributed by atoms with Gasteiger partial charge in [0.2, 0.25) is 0 Å². The standard InChI is InChI=1S/C17H24N4/c1-10-7-14(19)8-15(10)16-9-20-21-17(11(16)2)12-3-5-13(18)6-4-12/h3-6,9-10,14-16,21H,7-8,18-19H2,1-2H3/t10-,14?,15?,16?/m1/s1. The van der Waals surface area contributed by atoms with Crippen molar-refractivity contribution in [2.75, 3.05) is 5.73 Å². The van der Waals surface area contributed by atoms with Crippen LogP contribution in [0.3, 0.4) is 0 Å². The molecule has 4 atom stereocenters. The molecule has 1 aliphatic heterocycles. The predicted octanol–water partition coefficient (Wildman–Crippen LogP) is 2.58. The summed E-state index contributed by atoms with van der Waals surface area (Å²) in [6, 6.07) is 8.28. The zero-order valence-corrected chi connectivity index (χ0v) is 12.7. The molecule has 4 heteroatoms. The molecule has 4 nitrogen and oxygen atoms in total. The van der Waals surface area contributed by atoms with Crippen LogP contribution in [-0.2, 0) is 0 Å². The summed E-state index contributed by atoms with van der Waals surface area (Å²) in [6.45, 7) is 4.51. The molecule has 0 amide bonds. The lowest BCUT2D eigenvalue weighted by molar-refractivity contribution is 0.370. The highest BCUT2D eigenvalue weighted by molar-refractivity contribution is 5.78. The minimum Gasteiger partial charge on any atom is -0.399 e. The van der Waals surface area contributed by atoms with Crippen LogP contribution >= 0.6 is 0 Å². The fraction of sp³-hybridized carbons (Fsp3) is 0.471. The molecule has 1 aliphatic carbocycles. The Morgan fingerprint density at radius 3 is 2.52 bits per heavy atom. The van der Waals surface area contributed by atoms with Crippen molar-refractivity contribution in [3.8, 4) is 0 Å². The van der Waals surface area contributed by atoms with Crippen molar-refractivity contribution in [3.63, 3.8) is 0 Å². The lowest BCUT2D eigenvalue weighted by atomic mass is 9.79. The zero-order valence-electron chi connectivity index (χ0n) is 12.7. The number of benzene rings is 1. The highest BCUT2D eigenvalue weighted by atomic mass is 15.3. The first-order valence-electron chi connectivity index (χ1n) is 7.67. The third kappa shape index (κ3) is 2.68. The van der Waals surface area contributed by atoms with Gasteiger partial charge in [-0.2, -0.15) is 5.10 Å². The number of allylic oxidation sites excluding steroid dienone is 1. The monoisotopic (exact) mass is 284 g/mol. The summed E-state index contributed by atoms with van der Waals surface area (Å²) in [5.41, 5.74) is 19.4. The van der Waals surface area contributed by atoms with Gasteiger partial charge >= 0.3 is 0 Å². The van der Waals surface area contributed by atoms with Crippen LogP contribution < -0.4 is 16.9 Å². The molecular weight excluding hydrogens is 260 g/mol. The number of hydrogen-bond acceptors (Lipinski definition) is 4. The van der Waals surface area contributed by atoms with E-state index in [9.17, 15) is 0 Å². The number of hydrazone groups is 1. The SMILES string of the molecule is CC1=C(c2ccc(N)cc2)NN=CC1C1CC(N)C[C@H]1C. The Hall–Kier alpha value is -1.81. The van der Waals surface area contributed by atoms with Gasteiger partial charge in [-0.05, 0) is 54.9 Å². The van der Waals surface area contributed by atoms with Crippen molar-refractivity contribution in [2.45, 2.75) is 32.7 Å². The van der Waals surface area contributed by atoms with Crippen molar-refractivity contribution in [2.24, 2.45) is 28.6 Å². The van der Waals surface area contributed by atoms with Crippen molar-refractivity contribution in [3.05, 3.63) is 35.4 Å². The van der Waals surface area contributed by atoms with Crippen LogP contribution in [0.4, 0.5) is 5.69 Å². The van der Waals surface area contributed by atoms with Gasteiger partial charge in [0.25, 0.3) is 0 Å². The second-order valence-corrected chi connectivity index (χ2v) is 6.47. The smallest absolute Gasteiger partial charge is 0.0629 e. The lowest BCUT2D eigenvalue weighted by Gasteiger charge is -2.29. The van der Waals surface area contributed by atoms with E-state index in [-0.39, 0.29) is 0 Å². The van der Waals surface area contributed by atoms with Crippen LogP contribution in [-0.4, -0.2) is 12.3 Å². The largest absolute Gasteiger partial charge is 0.399 e. The molecule has 0 bridgehead atoms. The highest BCUT2D eigenvalue weighted by Gasteiger charge is 2.36. The maximum atomic E-state index is 6.14. The first-order chi connectivity index (χ1) is 10.1. The van der Waals surface area contributed by atoms with E-state index in [4.69, 9.17) is 11.5 Å². The minimum absolute atomic E-state index is 0.334. The summed E-state index contributed by atoms with van der Waals surface area (Å²) < 4.78 is 0. The molecule has 1 aromatic carbocycles. The number of nitrogens with zero attached hydrogens (tertiary/aromatic N) is 1. The number of nitrogen functional groups attached to an aromatic ring is 1. The topological polar surface area (TPSA) is 76.4 Å². The Kier molecular flexibility index (Phi) is 3.72. The average Bonchev–Trinajstić information content (AvgIpc) is 2.79. The van der Waals surface area contributed by atoms with Gasteiger partial charge < -0.3 is 11.5 Å². The van der Waals surface area contributed by atoms with Gasteiger partial charge in [-0.3, -0.25) is 5.43 Å². The summed E-state index contributed by atoms with van der Waals surface area (Å²) >= 11 is 0. The molecule has 0 radical (unpaired) electrons.